The summed E-state index contributed by atoms with van der Waals surface area (Å²) in [5.74, 6) is 0.159. The minimum absolute atomic E-state index is 0.00314. The molecule has 1 aliphatic carbocycles. The number of hydrogen-bond donors (Lipinski definition) is 3. The molecule has 2 rings (SSSR count). The molecule has 1 fully saturated rings. The lowest BCUT2D eigenvalue weighted by Gasteiger charge is -2.26. The Morgan fingerprint density at radius 1 is 1.16 bits per heavy atom. The van der Waals surface area contributed by atoms with Gasteiger partial charge < -0.3 is 16.2 Å². The molecule has 0 atom stereocenters. The molecule has 2 amide bonds. The molecule has 1 aliphatic rings. The molecule has 138 valence electrons. The number of carbonyl (C=O) groups excluding carboxylic acids is 2. The lowest BCUT2D eigenvalue weighted by atomic mass is 9.81. The normalized spacial score (nSPS) is 20.9. The Labute approximate surface area is 150 Å². The number of aliphatic hydroxyl groups is 1. The molecule has 0 spiro atoms. The Bertz CT molecular complexity index is 582. The van der Waals surface area contributed by atoms with Crippen LogP contribution in [0.15, 0.2) is 24.3 Å². The fourth-order valence-electron chi connectivity index (χ4n) is 3.26. The Hall–Kier alpha value is -1.88. The van der Waals surface area contributed by atoms with Gasteiger partial charge in [0.25, 0.3) is 5.91 Å². The van der Waals surface area contributed by atoms with Crippen LogP contribution in [0.4, 0.5) is 0 Å². The van der Waals surface area contributed by atoms with Crippen molar-refractivity contribution in [2.75, 3.05) is 6.54 Å². The standard InChI is InChI=1S/C20H30N2O3/c1-20(2,25)12-11-14-3-9-17(10-4-14)19(24)22-13-15-5-7-16(8-6-15)18(21)23/h3-4,9-10,15-16,25H,5-8,11-13H2,1-2H3,(H2,21,23)(H,22,24). The van der Waals surface area contributed by atoms with Crippen molar-refractivity contribution in [3.05, 3.63) is 35.4 Å². The largest absolute Gasteiger partial charge is 0.390 e. The van der Waals surface area contributed by atoms with E-state index in [0.717, 1.165) is 37.7 Å². The van der Waals surface area contributed by atoms with Crippen LogP contribution in [0.25, 0.3) is 0 Å². The maximum absolute atomic E-state index is 12.3. The number of primary amides is 1. The second-order valence-electron chi connectivity index (χ2n) is 7.84. The fourth-order valence-corrected chi connectivity index (χ4v) is 3.26. The maximum atomic E-state index is 12.3. The van der Waals surface area contributed by atoms with Crippen LogP contribution >= 0.6 is 0 Å². The molecule has 0 saturated heterocycles. The summed E-state index contributed by atoms with van der Waals surface area (Å²) in [6.07, 6.45) is 4.99. The average Bonchev–Trinajstić information content (AvgIpc) is 2.58. The molecular formula is C20H30N2O3. The minimum atomic E-state index is -0.677. The first kappa shape index (κ1) is 19.4. The second kappa shape index (κ2) is 8.48. The van der Waals surface area contributed by atoms with Crippen molar-refractivity contribution in [1.29, 1.82) is 0 Å². The number of rotatable bonds is 7. The quantitative estimate of drug-likeness (QED) is 0.708. The lowest BCUT2D eigenvalue weighted by Crippen LogP contribution is -2.33. The molecule has 1 aromatic carbocycles. The molecule has 1 saturated carbocycles. The number of nitrogens with one attached hydrogen (secondary N) is 1. The molecule has 5 heteroatoms. The first-order valence-corrected chi connectivity index (χ1v) is 9.13. The Balaban J connectivity index is 1.76. The third-order valence-electron chi connectivity index (χ3n) is 5.04. The van der Waals surface area contributed by atoms with Crippen molar-refractivity contribution in [1.82, 2.24) is 5.32 Å². The van der Waals surface area contributed by atoms with E-state index in [9.17, 15) is 14.7 Å². The molecule has 0 heterocycles. The zero-order valence-corrected chi connectivity index (χ0v) is 15.3. The molecule has 0 unspecified atom stereocenters. The third kappa shape index (κ3) is 6.50. The van der Waals surface area contributed by atoms with Crippen molar-refractivity contribution in [3.8, 4) is 0 Å². The second-order valence-corrected chi connectivity index (χ2v) is 7.84. The molecule has 0 aliphatic heterocycles. The fraction of sp³-hybridized carbons (Fsp3) is 0.600. The van der Waals surface area contributed by atoms with E-state index in [4.69, 9.17) is 5.73 Å². The monoisotopic (exact) mass is 346 g/mol. The van der Waals surface area contributed by atoms with Crippen LogP contribution in [0.1, 0.15) is 61.9 Å². The molecule has 4 N–H and O–H groups in total. The van der Waals surface area contributed by atoms with Gasteiger partial charge in [-0.2, -0.15) is 0 Å². The first-order valence-electron chi connectivity index (χ1n) is 9.13. The van der Waals surface area contributed by atoms with E-state index in [0.29, 0.717) is 24.4 Å². The number of aryl methyl sites for hydroxylation is 1. The van der Waals surface area contributed by atoms with Gasteiger partial charge >= 0.3 is 0 Å². The molecule has 1 aromatic rings. The minimum Gasteiger partial charge on any atom is -0.390 e. The van der Waals surface area contributed by atoms with Crippen LogP contribution in [0, 0.1) is 11.8 Å². The van der Waals surface area contributed by atoms with Gasteiger partial charge in [-0.05, 0) is 76.0 Å². The first-order chi connectivity index (χ1) is 11.7. The summed E-state index contributed by atoms with van der Waals surface area (Å²) in [5, 5.41) is 12.8. The van der Waals surface area contributed by atoms with E-state index in [2.05, 4.69) is 5.32 Å². The van der Waals surface area contributed by atoms with Crippen LogP contribution in [-0.2, 0) is 11.2 Å². The van der Waals surface area contributed by atoms with Crippen LogP contribution < -0.4 is 11.1 Å². The van der Waals surface area contributed by atoms with Crippen LogP contribution in [-0.4, -0.2) is 29.1 Å². The van der Waals surface area contributed by atoms with Crippen molar-refractivity contribution in [2.45, 2.75) is 58.0 Å². The Morgan fingerprint density at radius 2 is 1.76 bits per heavy atom. The van der Waals surface area contributed by atoms with E-state index < -0.39 is 5.60 Å². The summed E-state index contributed by atoms with van der Waals surface area (Å²) in [5.41, 5.74) is 6.43. The highest BCUT2D eigenvalue weighted by Gasteiger charge is 2.24. The molecule has 5 nitrogen and oxygen atoms in total. The zero-order valence-electron chi connectivity index (χ0n) is 15.3. The summed E-state index contributed by atoms with van der Waals surface area (Å²) in [6, 6.07) is 7.55. The molecule has 0 radical (unpaired) electrons. The van der Waals surface area contributed by atoms with E-state index in [1.807, 2.05) is 24.3 Å². The van der Waals surface area contributed by atoms with E-state index in [1.165, 1.54) is 0 Å². The van der Waals surface area contributed by atoms with E-state index >= 15 is 0 Å². The number of nitrogens with two attached hydrogens (primary N) is 1. The molecule has 0 bridgehead atoms. The number of hydrogen-bond acceptors (Lipinski definition) is 3. The summed E-state index contributed by atoms with van der Waals surface area (Å²) >= 11 is 0. The summed E-state index contributed by atoms with van der Waals surface area (Å²) in [4.78, 5) is 23.4. The predicted octanol–water partition coefficient (Wildman–Crippen LogP) is 2.41. The summed E-state index contributed by atoms with van der Waals surface area (Å²) in [7, 11) is 0. The highest BCUT2D eigenvalue weighted by atomic mass is 16.3. The van der Waals surface area contributed by atoms with Crippen LogP contribution in [0.2, 0.25) is 0 Å². The van der Waals surface area contributed by atoms with Gasteiger partial charge in [-0.1, -0.05) is 12.1 Å². The van der Waals surface area contributed by atoms with Crippen molar-refractivity contribution >= 4 is 11.8 Å². The van der Waals surface area contributed by atoms with Crippen molar-refractivity contribution < 1.29 is 14.7 Å². The SMILES string of the molecule is CC(C)(O)CCc1ccc(C(=O)NCC2CCC(C(N)=O)CC2)cc1. The Morgan fingerprint density at radius 3 is 2.28 bits per heavy atom. The maximum Gasteiger partial charge on any atom is 0.251 e. The number of amides is 2. The summed E-state index contributed by atoms with van der Waals surface area (Å²) in [6.45, 7) is 4.24. The predicted molar refractivity (Wildman–Crippen MR) is 98.0 cm³/mol. The van der Waals surface area contributed by atoms with Crippen molar-refractivity contribution in [2.24, 2.45) is 17.6 Å². The highest BCUT2D eigenvalue weighted by Crippen LogP contribution is 2.28. The van der Waals surface area contributed by atoms with Crippen LogP contribution in [0.5, 0.6) is 0 Å². The van der Waals surface area contributed by atoms with Gasteiger partial charge in [0.15, 0.2) is 0 Å². The van der Waals surface area contributed by atoms with Crippen LogP contribution in [0.3, 0.4) is 0 Å². The van der Waals surface area contributed by atoms with E-state index in [-0.39, 0.29) is 17.7 Å². The van der Waals surface area contributed by atoms with Gasteiger partial charge in [0, 0.05) is 18.0 Å². The topological polar surface area (TPSA) is 92.4 Å². The third-order valence-corrected chi connectivity index (χ3v) is 5.04. The zero-order chi connectivity index (χ0) is 18.4. The van der Waals surface area contributed by atoms with E-state index in [1.54, 1.807) is 13.8 Å². The van der Waals surface area contributed by atoms with Gasteiger partial charge in [-0.3, -0.25) is 9.59 Å². The Kier molecular flexibility index (Phi) is 6.59. The molecule has 25 heavy (non-hydrogen) atoms. The smallest absolute Gasteiger partial charge is 0.251 e. The van der Waals surface area contributed by atoms with Crippen molar-refractivity contribution in [3.63, 3.8) is 0 Å². The van der Waals surface area contributed by atoms with Gasteiger partial charge in [0.1, 0.15) is 0 Å². The average molecular weight is 346 g/mol. The van der Waals surface area contributed by atoms with Gasteiger partial charge in [0.2, 0.25) is 5.91 Å². The van der Waals surface area contributed by atoms with Gasteiger partial charge in [0.05, 0.1) is 5.60 Å². The molecule has 0 aromatic heterocycles. The molecular weight excluding hydrogens is 316 g/mol. The number of benzene rings is 1. The number of carbonyl (C=O) groups is 2. The highest BCUT2D eigenvalue weighted by molar-refractivity contribution is 5.94. The van der Waals surface area contributed by atoms with Gasteiger partial charge in [-0.15, -0.1) is 0 Å². The lowest BCUT2D eigenvalue weighted by molar-refractivity contribution is -0.122. The van der Waals surface area contributed by atoms with Gasteiger partial charge in [-0.25, -0.2) is 0 Å². The summed E-state index contributed by atoms with van der Waals surface area (Å²) < 4.78 is 0.